The highest BCUT2D eigenvalue weighted by atomic mass is 19.1. The van der Waals surface area contributed by atoms with Gasteiger partial charge in [0.15, 0.2) is 17.6 Å². The maximum atomic E-state index is 13.6. The normalized spacial score (nSPS) is 13.0. The van der Waals surface area contributed by atoms with Gasteiger partial charge in [-0.2, -0.15) is 0 Å². The fourth-order valence-electron chi connectivity index (χ4n) is 2.32. The topological polar surface area (TPSA) is 117 Å². The van der Waals surface area contributed by atoms with E-state index in [-0.39, 0.29) is 24.0 Å². The van der Waals surface area contributed by atoms with Crippen LogP contribution in [0, 0.1) is 15.9 Å². The summed E-state index contributed by atoms with van der Waals surface area (Å²) in [5.74, 6) is -2.27. The van der Waals surface area contributed by atoms with E-state index in [1.54, 1.807) is 0 Å². The standard InChI is InChI=1S/C17H13FN2O7/c1-9(16(21)19-12-5-3-2-4-11(12)18)27-17(22)10-6-14-15(26-8-25-14)7-13(10)20(23)24/h2-7,9H,8H2,1H3,(H,19,21). The molecule has 3 rings (SSSR count). The van der Waals surface area contributed by atoms with Crippen molar-refractivity contribution in [2.45, 2.75) is 13.0 Å². The van der Waals surface area contributed by atoms with Gasteiger partial charge < -0.3 is 19.5 Å². The summed E-state index contributed by atoms with van der Waals surface area (Å²) in [5, 5.41) is 13.5. The Labute approximate surface area is 151 Å². The number of nitro benzene ring substituents is 1. The van der Waals surface area contributed by atoms with Crippen molar-refractivity contribution in [2.24, 2.45) is 0 Å². The van der Waals surface area contributed by atoms with Crippen molar-refractivity contribution in [3.63, 3.8) is 0 Å². The molecular weight excluding hydrogens is 363 g/mol. The van der Waals surface area contributed by atoms with Crippen LogP contribution in [0.5, 0.6) is 11.5 Å². The maximum Gasteiger partial charge on any atom is 0.346 e. The number of rotatable bonds is 5. The van der Waals surface area contributed by atoms with Gasteiger partial charge in [-0.3, -0.25) is 14.9 Å². The predicted molar refractivity (Wildman–Crippen MR) is 89.1 cm³/mol. The number of para-hydroxylation sites is 1. The van der Waals surface area contributed by atoms with Crippen molar-refractivity contribution in [2.75, 3.05) is 12.1 Å². The molecule has 10 heteroatoms. The molecule has 0 bridgehead atoms. The number of esters is 1. The molecule has 1 N–H and O–H groups in total. The Kier molecular flexibility index (Phi) is 4.88. The van der Waals surface area contributed by atoms with Gasteiger partial charge >= 0.3 is 5.97 Å². The molecule has 0 saturated heterocycles. The molecule has 0 spiro atoms. The lowest BCUT2D eigenvalue weighted by atomic mass is 10.1. The Morgan fingerprint density at radius 3 is 2.59 bits per heavy atom. The first-order valence-corrected chi connectivity index (χ1v) is 7.71. The number of fused-ring (bicyclic) bond motifs is 1. The summed E-state index contributed by atoms with van der Waals surface area (Å²) in [4.78, 5) is 34.9. The van der Waals surface area contributed by atoms with Crippen LogP contribution in [0.15, 0.2) is 36.4 Å². The Morgan fingerprint density at radius 1 is 1.26 bits per heavy atom. The van der Waals surface area contributed by atoms with E-state index in [0.717, 1.165) is 18.2 Å². The number of benzene rings is 2. The Morgan fingerprint density at radius 2 is 1.93 bits per heavy atom. The second-order valence-corrected chi connectivity index (χ2v) is 5.50. The van der Waals surface area contributed by atoms with Gasteiger partial charge in [0.1, 0.15) is 11.4 Å². The van der Waals surface area contributed by atoms with Crippen LogP contribution in [-0.4, -0.2) is 29.7 Å². The van der Waals surface area contributed by atoms with Gasteiger partial charge in [0, 0.05) is 6.07 Å². The summed E-state index contributed by atoms with van der Waals surface area (Å²) < 4.78 is 28.7. The molecule has 27 heavy (non-hydrogen) atoms. The minimum Gasteiger partial charge on any atom is -0.454 e. The highest BCUT2D eigenvalue weighted by molar-refractivity contribution is 5.99. The van der Waals surface area contributed by atoms with Gasteiger partial charge in [-0.1, -0.05) is 12.1 Å². The first kappa shape index (κ1) is 18.1. The molecule has 0 aliphatic carbocycles. The highest BCUT2D eigenvalue weighted by Gasteiger charge is 2.30. The van der Waals surface area contributed by atoms with Gasteiger partial charge in [-0.05, 0) is 19.1 Å². The number of ether oxygens (including phenoxy) is 3. The van der Waals surface area contributed by atoms with E-state index < -0.39 is 40.0 Å². The van der Waals surface area contributed by atoms with Crippen LogP contribution < -0.4 is 14.8 Å². The smallest absolute Gasteiger partial charge is 0.346 e. The zero-order valence-electron chi connectivity index (χ0n) is 13.9. The predicted octanol–water partition coefficient (Wildman–Crippen LogP) is 2.65. The van der Waals surface area contributed by atoms with Crippen molar-refractivity contribution in [1.82, 2.24) is 0 Å². The molecular formula is C17H13FN2O7. The monoisotopic (exact) mass is 376 g/mol. The molecule has 0 radical (unpaired) electrons. The quantitative estimate of drug-likeness (QED) is 0.484. The van der Waals surface area contributed by atoms with E-state index in [9.17, 15) is 24.1 Å². The zero-order valence-corrected chi connectivity index (χ0v) is 13.9. The second-order valence-electron chi connectivity index (χ2n) is 5.50. The molecule has 1 heterocycles. The molecule has 1 amide bonds. The number of carbonyl (C=O) groups is 2. The van der Waals surface area contributed by atoms with Crippen LogP contribution in [0.3, 0.4) is 0 Å². The average molecular weight is 376 g/mol. The third-order valence-electron chi connectivity index (χ3n) is 3.69. The van der Waals surface area contributed by atoms with Crippen molar-refractivity contribution in [3.8, 4) is 11.5 Å². The lowest BCUT2D eigenvalue weighted by Gasteiger charge is -2.14. The van der Waals surface area contributed by atoms with Crippen LogP contribution in [0.1, 0.15) is 17.3 Å². The molecule has 0 aromatic heterocycles. The number of nitrogens with one attached hydrogen (secondary N) is 1. The summed E-state index contributed by atoms with van der Waals surface area (Å²) >= 11 is 0. The lowest BCUT2D eigenvalue weighted by Crippen LogP contribution is -2.30. The van der Waals surface area contributed by atoms with E-state index >= 15 is 0 Å². The molecule has 2 aromatic rings. The molecule has 1 aliphatic rings. The van der Waals surface area contributed by atoms with Crippen molar-refractivity contribution >= 4 is 23.3 Å². The second kappa shape index (κ2) is 7.28. The molecule has 2 aromatic carbocycles. The van der Waals surface area contributed by atoms with E-state index in [1.807, 2.05) is 0 Å². The van der Waals surface area contributed by atoms with Crippen LogP contribution in [0.25, 0.3) is 0 Å². The van der Waals surface area contributed by atoms with E-state index in [0.29, 0.717) is 0 Å². The summed E-state index contributed by atoms with van der Waals surface area (Å²) in [7, 11) is 0. The Bertz CT molecular complexity index is 931. The average Bonchev–Trinajstić information content (AvgIpc) is 3.09. The third-order valence-corrected chi connectivity index (χ3v) is 3.69. The largest absolute Gasteiger partial charge is 0.454 e. The van der Waals surface area contributed by atoms with E-state index in [1.165, 1.54) is 25.1 Å². The minimum atomic E-state index is -1.33. The van der Waals surface area contributed by atoms with Crippen LogP contribution >= 0.6 is 0 Å². The van der Waals surface area contributed by atoms with Gasteiger partial charge in [-0.25, -0.2) is 9.18 Å². The number of anilines is 1. The SMILES string of the molecule is CC(OC(=O)c1cc2c(cc1[N+](=O)[O-])OCO2)C(=O)Nc1ccccc1F. The summed E-state index contributed by atoms with van der Waals surface area (Å²) in [6, 6.07) is 7.62. The van der Waals surface area contributed by atoms with Crippen molar-refractivity contribution < 1.29 is 33.1 Å². The fourth-order valence-corrected chi connectivity index (χ4v) is 2.32. The first-order valence-electron chi connectivity index (χ1n) is 7.71. The zero-order chi connectivity index (χ0) is 19.6. The van der Waals surface area contributed by atoms with E-state index in [4.69, 9.17) is 14.2 Å². The molecule has 0 saturated carbocycles. The van der Waals surface area contributed by atoms with Crippen molar-refractivity contribution in [3.05, 3.63) is 57.9 Å². The van der Waals surface area contributed by atoms with Gasteiger partial charge in [0.25, 0.3) is 11.6 Å². The molecule has 140 valence electrons. The maximum absolute atomic E-state index is 13.6. The highest BCUT2D eigenvalue weighted by Crippen LogP contribution is 2.38. The molecule has 1 unspecified atom stereocenters. The van der Waals surface area contributed by atoms with Gasteiger partial charge in [-0.15, -0.1) is 0 Å². The molecule has 1 atom stereocenters. The molecule has 1 aliphatic heterocycles. The third kappa shape index (κ3) is 3.78. The molecule has 0 fully saturated rings. The van der Waals surface area contributed by atoms with Crippen LogP contribution in [0.4, 0.5) is 15.8 Å². The van der Waals surface area contributed by atoms with Crippen LogP contribution in [-0.2, 0) is 9.53 Å². The lowest BCUT2D eigenvalue weighted by molar-refractivity contribution is -0.385. The van der Waals surface area contributed by atoms with Crippen molar-refractivity contribution in [1.29, 1.82) is 0 Å². The number of hydrogen-bond donors (Lipinski definition) is 1. The number of nitro groups is 1. The molecule has 9 nitrogen and oxygen atoms in total. The number of carbonyl (C=O) groups excluding carboxylic acids is 2. The number of halogens is 1. The number of hydrogen-bond acceptors (Lipinski definition) is 7. The summed E-state index contributed by atoms with van der Waals surface area (Å²) in [6.45, 7) is 1.12. The minimum absolute atomic E-state index is 0.0838. The summed E-state index contributed by atoms with van der Waals surface area (Å²) in [5.41, 5.74) is -1.03. The summed E-state index contributed by atoms with van der Waals surface area (Å²) in [6.07, 6.45) is -1.33. The van der Waals surface area contributed by atoms with E-state index in [2.05, 4.69) is 5.32 Å². The fraction of sp³-hybridized carbons (Fsp3) is 0.176. The number of amides is 1. The Hall–Kier alpha value is -3.69. The van der Waals surface area contributed by atoms with Gasteiger partial charge in [0.2, 0.25) is 6.79 Å². The number of nitrogens with zero attached hydrogens (tertiary/aromatic N) is 1. The van der Waals surface area contributed by atoms with Gasteiger partial charge in [0.05, 0.1) is 16.7 Å². The first-order chi connectivity index (χ1) is 12.9. The Balaban J connectivity index is 1.76. The van der Waals surface area contributed by atoms with Crippen LogP contribution in [0.2, 0.25) is 0 Å².